The molecule has 0 saturated carbocycles. The summed E-state index contributed by atoms with van der Waals surface area (Å²) in [6.07, 6.45) is -4.31. The molecule has 0 radical (unpaired) electrons. The topological polar surface area (TPSA) is 76.7 Å². The Morgan fingerprint density at radius 1 is 1.29 bits per heavy atom. The summed E-state index contributed by atoms with van der Waals surface area (Å²) < 4.78 is 35.3. The molecular weight excluding hydrogens is 199 g/mol. The van der Waals surface area contributed by atoms with Crippen molar-refractivity contribution in [1.29, 1.82) is 0 Å². The summed E-state index contributed by atoms with van der Waals surface area (Å²) in [6, 6.07) is 0. The minimum atomic E-state index is -4.31. The van der Waals surface area contributed by atoms with Crippen LogP contribution in [0.3, 0.4) is 0 Å². The first-order chi connectivity index (χ1) is 6.37. The van der Waals surface area contributed by atoms with Crippen LogP contribution in [0, 0.1) is 6.92 Å². The largest absolute Gasteiger partial charge is 0.405 e. The van der Waals surface area contributed by atoms with Crippen molar-refractivity contribution in [2.45, 2.75) is 13.1 Å². The predicted octanol–water partition coefficient (Wildman–Crippen LogP) is 0.736. The number of hydrogen-bond donors (Lipinski definition) is 2. The molecule has 0 aliphatic rings. The molecule has 1 rings (SSSR count). The molecule has 1 aromatic heterocycles. The maximum Gasteiger partial charge on any atom is 0.405 e. The summed E-state index contributed by atoms with van der Waals surface area (Å²) in [7, 11) is 0. The molecule has 5 nitrogen and oxygen atoms in total. The van der Waals surface area contributed by atoms with Crippen LogP contribution in [0.4, 0.5) is 25.1 Å². The van der Waals surface area contributed by atoms with Gasteiger partial charge in [-0.15, -0.1) is 0 Å². The van der Waals surface area contributed by atoms with Crippen molar-refractivity contribution >= 4 is 11.9 Å². The van der Waals surface area contributed by atoms with Crippen molar-refractivity contribution in [3.63, 3.8) is 0 Å². The number of hydrogen-bond acceptors (Lipinski definition) is 5. The Morgan fingerprint density at radius 2 is 1.93 bits per heavy atom. The second kappa shape index (κ2) is 3.64. The summed E-state index contributed by atoms with van der Waals surface area (Å²) in [5.41, 5.74) is 5.22. The average Bonchev–Trinajstić information content (AvgIpc) is 1.97. The van der Waals surface area contributed by atoms with Crippen molar-refractivity contribution in [1.82, 2.24) is 15.0 Å². The van der Waals surface area contributed by atoms with E-state index in [1.165, 1.54) is 6.92 Å². The highest BCUT2D eigenvalue weighted by Crippen LogP contribution is 2.14. The number of aromatic nitrogens is 3. The summed E-state index contributed by atoms with van der Waals surface area (Å²) in [5, 5.41) is 2.00. The van der Waals surface area contributed by atoms with Crippen molar-refractivity contribution < 1.29 is 13.2 Å². The van der Waals surface area contributed by atoms with Crippen molar-refractivity contribution in [2.24, 2.45) is 0 Å². The fraction of sp³-hybridized carbons (Fsp3) is 0.500. The summed E-state index contributed by atoms with van der Waals surface area (Å²) >= 11 is 0. The van der Waals surface area contributed by atoms with Crippen LogP contribution in [0.1, 0.15) is 5.82 Å². The maximum absolute atomic E-state index is 11.8. The van der Waals surface area contributed by atoms with Crippen molar-refractivity contribution in [2.75, 3.05) is 17.6 Å². The third kappa shape index (κ3) is 3.42. The summed E-state index contributed by atoms with van der Waals surface area (Å²) in [5.74, 6) is -0.0170. The van der Waals surface area contributed by atoms with Gasteiger partial charge >= 0.3 is 6.18 Å². The fourth-order valence-corrected chi connectivity index (χ4v) is 0.761. The van der Waals surface area contributed by atoms with E-state index in [9.17, 15) is 13.2 Å². The zero-order valence-corrected chi connectivity index (χ0v) is 7.26. The summed E-state index contributed by atoms with van der Waals surface area (Å²) in [4.78, 5) is 10.7. The Kier molecular flexibility index (Phi) is 2.73. The molecule has 1 aromatic rings. The number of alkyl halides is 3. The smallest absolute Gasteiger partial charge is 0.368 e. The zero-order chi connectivity index (χ0) is 10.8. The SMILES string of the molecule is Cc1nc(N)nc(NCC(F)(F)F)n1. The van der Waals surface area contributed by atoms with E-state index in [2.05, 4.69) is 15.0 Å². The number of nitrogens with one attached hydrogen (secondary N) is 1. The standard InChI is InChI=1S/C6H8F3N5/c1-3-12-4(10)14-5(13-3)11-2-6(7,8)9/h2H2,1H3,(H3,10,11,12,13,14). The Hall–Kier alpha value is -1.60. The molecule has 0 atom stereocenters. The van der Waals surface area contributed by atoms with E-state index in [4.69, 9.17) is 5.73 Å². The van der Waals surface area contributed by atoms with Crippen LogP contribution in [0.5, 0.6) is 0 Å². The van der Waals surface area contributed by atoms with Crippen LogP contribution >= 0.6 is 0 Å². The fourth-order valence-electron chi connectivity index (χ4n) is 0.761. The van der Waals surface area contributed by atoms with E-state index >= 15 is 0 Å². The van der Waals surface area contributed by atoms with Crippen LogP contribution < -0.4 is 11.1 Å². The van der Waals surface area contributed by atoms with Crippen molar-refractivity contribution in [3.8, 4) is 0 Å². The van der Waals surface area contributed by atoms with Gasteiger partial charge in [0.1, 0.15) is 12.4 Å². The predicted molar refractivity (Wildman–Crippen MR) is 43.5 cm³/mol. The maximum atomic E-state index is 11.8. The molecule has 0 aliphatic carbocycles. The van der Waals surface area contributed by atoms with Gasteiger partial charge in [0.2, 0.25) is 11.9 Å². The van der Waals surface area contributed by atoms with Gasteiger partial charge in [-0.25, -0.2) is 0 Å². The number of nitrogens with zero attached hydrogens (tertiary/aromatic N) is 3. The molecule has 8 heteroatoms. The van der Waals surface area contributed by atoms with Gasteiger partial charge in [0.05, 0.1) is 0 Å². The minimum Gasteiger partial charge on any atom is -0.368 e. The number of nitrogens with two attached hydrogens (primary N) is 1. The van der Waals surface area contributed by atoms with Crippen LogP contribution in [-0.2, 0) is 0 Å². The molecule has 0 aromatic carbocycles. The highest BCUT2D eigenvalue weighted by atomic mass is 19.4. The van der Waals surface area contributed by atoms with Gasteiger partial charge in [-0.05, 0) is 6.92 Å². The van der Waals surface area contributed by atoms with Crippen LogP contribution in [0.25, 0.3) is 0 Å². The zero-order valence-electron chi connectivity index (χ0n) is 7.26. The van der Waals surface area contributed by atoms with E-state index < -0.39 is 12.7 Å². The molecule has 0 aliphatic heterocycles. The average molecular weight is 207 g/mol. The lowest BCUT2D eigenvalue weighted by Crippen LogP contribution is -2.22. The van der Waals surface area contributed by atoms with Crippen LogP contribution in [0.15, 0.2) is 0 Å². The van der Waals surface area contributed by atoms with Gasteiger partial charge in [0.15, 0.2) is 0 Å². The molecule has 14 heavy (non-hydrogen) atoms. The normalized spacial score (nSPS) is 11.4. The molecule has 0 saturated heterocycles. The first-order valence-electron chi connectivity index (χ1n) is 3.65. The molecule has 78 valence electrons. The van der Waals surface area contributed by atoms with Gasteiger partial charge in [0.25, 0.3) is 0 Å². The molecule has 0 bridgehead atoms. The van der Waals surface area contributed by atoms with Crippen LogP contribution in [-0.4, -0.2) is 27.7 Å². The molecule has 1 heterocycles. The molecule has 0 fully saturated rings. The van der Waals surface area contributed by atoms with Gasteiger partial charge in [0, 0.05) is 0 Å². The Labute approximate surface area is 77.6 Å². The number of anilines is 2. The summed E-state index contributed by atoms with van der Waals surface area (Å²) in [6.45, 7) is 0.312. The molecule has 3 N–H and O–H groups in total. The minimum absolute atomic E-state index is 0.109. The second-order valence-electron chi connectivity index (χ2n) is 2.53. The number of halogens is 3. The number of rotatable bonds is 2. The van der Waals surface area contributed by atoms with Crippen LogP contribution in [0.2, 0.25) is 0 Å². The van der Waals surface area contributed by atoms with Gasteiger partial charge in [-0.2, -0.15) is 28.1 Å². The molecule has 0 spiro atoms. The van der Waals surface area contributed by atoms with E-state index in [0.717, 1.165) is 0 Å². The highest BCUT2D eigenvalue weighted by molar-refractivity contribution is 5.30. The monoisotopic (exact) mass is 207 g/mol. The molecular formula is C6H8F3N5. The number of aryl methyl sites for hydroxylation is 1. The Morgan fingerprint density at radius 3 is 2.43 bits per heavy atom. The Bertz CT molecular complexity index is 303. The quantitative estimate of drug-likeness (QED) is 0.747. The van der Waals surface area contributed by atoms with E-state index in [1.54, 1.807) is 0 Å². The van der Waals surface area contributed by atoms with E-state index in [1.807, 2.05) is 5.32 Å². The molecule has 0 unspecified atom stereocenters. The molecule has 0 amide bonds. The van der Waals surface area contributed by atoms with E-state index in [0.29, 0.717) is 0 Å². The number of nitrogen functional groups attached to an aromatic ring is 1. The van der Waals surface area contributed by atoms with Gasteiger partial charge in [-0.3, -0.25) is 0 Å². The van der Waals surface area contributed by atoms with Gasteiger partial charge < -0.3 is 11.1 Å². The highest BCUT2D eigenvalue weighted by Gasteiger charge is 2.27. The lowest BCUT2D eigenvalue weighted by molar-refractivity contribution is -0.115. The van der Waals surface area contributed by atoms with Gasteiger partial charge in [-0.1, -0.05) is 0 Å². The van der Waals surface area contributed by atoms with E-state index in [-0.39, 0.29) is 17.7 Å². The lowest BCUT2D eigenvalue weighted by Gasteiger charge is -2.08. The third-order valence-electron chi connectivity index (χ3n) is 1.21. The van der Waals surface area contributed by atoms with Crippen molar-refractivity contribution in [3.05, 3.63) is 5.82 Å². The first kappa shape index (κ1) is 10.5. The first-order valence-corrected chi connectivity index (χ1v) is 3.65. The second-order valence-corrected chi connectivity index (χ2v) is 2.53. The lowest BCUT2D eigenvalue weighted by atomic mass is 10.6. The third-order valence-corrected chi connectivity index (χ3v) is 1.21. The Balaban J connectivity index is 2.68.